The second-order valence-electron chi connectivity index (χ2n) is 4.22. The molecule has 0 amide bonds. The first-order valence-electron chi connectivity index (χ1n) is 5.86. The van der Waals surface area contributed by atoms with E-state index in [1.54, 1.807) is 6.92 Å². The summed E-state index contributed by atoms with van der Waals surface area (Å²) in [7, 11) is -3.90. The second kappa shape index (κ2) is 5.56. The predicted molar refractivity (Wildman–Crippen MR) is 74.1 cm³/mol. The van der Waals surface area contributed by atoms with E-state index in [0.717, 1.165) is 0 Å². The van der Waals surface area contributed by atoms with E-state index in [-0.39, 0.29) is 17.0 Å². The monoisotopic (exact) mass is 295 g/mol. The number of hydrogen-bond donors (Lipinski definition) is 2. The van der Waals surface area contributed by atoms with Crippen LogP contribution in [0, 0.1) is 12.7 Å². The fourth-order valence-electron chi connectivity index (χ4n) is 1.78. The van der Waals surface area contributed by atoms with Crippen molar-refractivity contribution >= 4 is 15.7 Å². The van der Waals surface area contributed by atoms with Gasteiger partial charge in [-0.05, 0) is 30.7 Å². The van der Waals surface area contributed by atoms with Gasteiger partial charge in [0.25, 0.3) is 10.0 Å². The van der Waals surface area contributed by atoms with Gasteiger partial charge in [-0.25, -0.2) is 12.8 Å². The predicted octanol–water partition coefficient (Wildman–Crippen LogP) is 1.79. The highest BCUT2D eigenvalue weighted by Crippen LogP contribution is 2.22. The molecular formula is C13H14FN3O2S. The molecule has 1 aromatic carbocycles. The molecule has 0 bridgehead atoms. The third-order valence-corrected chi connectivity index (χ3v) is 4.28. The molecule has 0 aliphatic carbocycles. The van der Waals surface area contributed by atoms with Gasteiger partial charge >= 0.3 is 0 Å². The topological polar surface area (TPSA) is 85.1 Å². The van der Waals surface area contributed by atoms with E-state index in [1.165, 1.54) is 36.7 Å². The number of aromatic nitrogens is 1. The van der Waals surface area contributed by atoms with Crippen LogP contribution in [0.5, 0.6) is 0 Å². The molecule has 2 rings (SSSR count). The van der Waals surface area contributed by atoms with Gasteiger partial charge < -0.3 is 5.73 Å². The van der Waals surface area contributed by atoms with Gasteiger partial charge in [-0.3, -0.25) is 9.71 Å². The molecule has 0 saturated carbocycles. The molecule has 1 heterocycles. The van der Waals surface area contributed by atoms with E-state index in [0.29, 0.717) is 11.3 Å². The van der Waals surface area contributed by atoms with Crippen LogP contribution in [0.15, 0.2) is 41.6 Å². The van der Waals surface area contributed by atoms with Crippen molar-refractivity contribution in [3.8, 4) is 0 Å². The Morgan fingerprint density at radius 1 is 1.35 bits per heavy atom. The van der Waals surface area contributed by atoms with Gasteiger partial charge in [0.15, 0.2) is 0 Å². The van der Waals surface area contributed by atoms with Gasteiger partial charge in [0, 0.05) is 24.5 Å². The Hall–Kier alpha value is -1.99. The standard InChI is InChI=1S/C13H14FN3O2S/c1-9-8-16-6-5-12(9)17-20(18,19)13-4-2-3-11(14)10(13)7-15/h2-6,8H,7,15H2,1H3,(H,16,17). The average molecular weight is 295 g/mol. The number of nitrogens with one attached hydrogen (secondary N) is 1. The summed E-state index contributed by atoms with van der Waals surface area (Å²) in [5.74, 6) is -0.637. The Labute approximate surface area is 116 Å². The number of rotatable bonds is 4. The number of nitrogens with two attached hydrogens (primary N) is 1. The molecule has 1 aromatic heterocycles. The Morgan fingerprint density at radius 2 is 2.10 bits per heavy atom. The van der Waals surface area contributed by atoms with E-state index in [9.17, 15) is 12.8 Å². The molecule has 2 aromatic rings. The van der Waals surface area contributed by atoms with E-state index in [1.807, 2.05) is 0 Å². The Kier molecular flexibility index (Phi) is 4.01. The lowest BCUT2D eigenvalue weighted by Gasteiger charge is -2.13. The first-order chi connectivity index (χ1) is 9.45. The maximum absolute atomic E-state index is 13.6. The number of halogens is 1. The first-order valence-corrected chi connectivity index (χ1v) is 7.35. The molecule has 0 spiro atoms. The van der Waals surface area contributed by atoms with Crippen molar-refractivity contribution in [3.05, 3.63) is 53.6 Å². The lowest BCUT2D eigenvalue weighted by Crippen LogP contribution is -2.18. The number of nitrogens with zero attached hydrogens (tertiary/aromatic N) is 1. The minimum Gasteiger partial charge on any atom is -0.326 e. The number of sulfonamides is 1. The molecule has 0 unspecified atom stereocenters. The minimum absolute atomic E-state index is 0.0355. The molecule has 0 radical (unpaired) electrons. The zero-order valence-corrected chi connectivity index (χ0v) is 11.6. The van der Waals surface area contributed by atoms with Crippen LogP contribution in [-0.4, -0.2) is 13.4 Å². The quantitative estimate of drug-likeness (QED) is 0.900. The zero-order valence-electron chi connectivity index (χ0n) is 10.8. The summed E-state index contributed by atoms with van der Waals surface area (Å²) >= 11 is 0. The molecule has 0 aliphatic rings. The number of anilines is 1. The normalized spacial score (nSPS) is 11.3. The van der Waals surface area contributed by atoms with Crippen LogP contribution in [0.1, 0.15) is 11.1 Å². The molecule has 0 atom stereocenters. The largest absolute Gasteiger partial charge is 0.326 e. The number of aryl methyl sites for hydroxylation is 1. The van der Waals surface area contributed by atoms with Crippen molar-refractivity contribution in [1.82, 2.24) is 4.98 Å². The van der Waals surface area contributed by atoms with E-state index >= 15 is 0 Å². The van der Waals surface area contributed by atoms with Gasteiger partial charge in [-0.15, -0.1) is 0 Å². The van der Waals surface area contributed by atoms with Crippen LogP contribution in [0.4, 0.5) is 10.1 Å². The highest BCUT2D eigenvalue weighted by Gasteiger charge is 2.20. The summed E-state index contributed by atoms with van der Waals surface area (Å²) in [6, 6.07) is 5.37. The summed E-state index contributed by atoms with van der Waals surface area (Å²) in [5, 5.41) is 0. The molecule has 7 heteroatoms. The van der Waals surface area contributed by atoms with E-state index < -0.39 is 15.8 Å². The fraction of sp³-hybridized carbons (Fsp3) is 0.154. The molecular weight excluding hydrogens is 281 g/mol. The van der Waals surface area contributed by atoms with Crippen LogP contribution in [-0.2, 0) is 16.6 Å². The molecule has 20 heavy (non-hydrogen) atoms. The van der Waals surface area contributed by atoms with Crippen molar-refractivity contribution in [2.75, 3.05) is 4.72 Å². The van der Waals surface area contributed by atoms with Gasteiger partial charge in [0.05, 0.1) is 10.6 Å². The summed E-state index contributed by atoms with van der Waals surface area (Å²) in [6.07, 6.45) is 3.01. The third-order valence-electron chi connectivity index (χ3n) is 2.83. The summed E-state index contributed by atoms with van der Waals surface area (Å²) in [4.78, 5) is 3.72. The van der Waals surface area contributed by atoms with E-state index in [4.69, 9.17) is 5.73 Å². The minimum atomic E-state index is -3.90. The Morgan fingerprint density at radius 3 is 2.75 bits per heavy atom. The van der Waals surface area contributed by atoms with Crippen molar-refractivity contribution in [1.29, 1.82) is 0 Å². The lowest BCUT2D eigenvalue weighted by atomic mass is 10.2. The zero-order chi connectivity index (χ0) is 14.8. The van der Waals surface area contributed by atoms with Crippen LogP contribution >= 0.6 is 0 Å². The third kappa shape index (κ3) is 2.78. The highest BCUT2D eigenvalue weighted by atomic mass is 32.2. The van der Waals surface area contributed by atoms with E-state index in [2.05, 4.69) is 9.71 Å². The first kappa shape index (κ1) is 14.4. The maximum Gasteiger partial charge on any atom is 0.262 e. The number of hydrogen-bond acceptors (Lipinski definition) is 4. The van der Waals surface area contributed by atoms with Crippen LogP contribution < -0.4 is 10.5 Å². The Bertz CT molecular complexity index is 732. The molecule has 0 aliphatic heterocycles. The van der Waals surface area contributed by atoms with Gasteiger partial charge in [-0.1, -0.05) is 6.07 Å². The van der Waals surface area contributed by atoms with Crippen molar-refractivity contribution in [3.63, 3.8) is 0 Å². The smallest absolute Gasteiger partial charge is 0.262 e. The van der Waals surface area contributed by atoms with Gasteiger partial charge in [-0.2, -0.15) is 0 Å². The van der Waals surface area contributed by atoms with Crippen molar-refractivity contribution < 1.29 is 12.8 Å². The summed E-state index contributed by atoms with van der Waals surface area (Å²) < 4.78 is 40.7. The summed E-state index contributed by atoms with van der Waals surface area (Å²) in [5.41, 5.74) is 6.46. The molecule has 0 fully saturated rings. The SMILES string of the molecule is Cc1cnccc1NS(=O)(=O)c1cccc(F)c1CN. The fourth-order valence-corrected chi connectivity index (χ4v) is 3.17. The van der Waals surface area contributed by atoms with Gasteiger partial charge in [0.2, 0.25) is 0 Å². The van der Waals surface area contributed by atoms with Crippen LogP contribution in [0.2, 0.25) is 0 Å². The van der Waals surface area contributed by atoms with Gasteiger partial charge in [0.1, 0.15) is 5.82 Å². The number of benzene rings is 1. The van der Waals surface area contributed by atoms with Crippen molar-refractivity contribution in [2.24, 2.45) is 5.73 Å². The highest BCUT2D eigenvalue weighted by molar-refractivity contribution is 7.92. The molecule has 106 valence electrons. The Balaban J connectivity index is 2.47. The molecule has 0 saturated heterocycles. The average Bonchev–Trinajstić information content (AvgIpc) is 2.41. The number of pyridine rings is 1. The maximum atomic E-state index is 13.6. The van der Waals surface area contributed by atoms with Crippen molar-refractivity contribution in [2.45, 2.75) is 18.4 Å². The second-order valence-corrected chi connectivity index (χ2v) is 5.87. The molecule has 5 nitrogen and oxygen atoms in total. The summed E-state index contributed by atoms with van der Waals surface area (Å²) in [6.45, 7) is 1.53. The van der Waals surface area contributed by atoms with Crippen LogP contribution in [0.3, 0.4) is 0 Å². The lowest BCUT2D eigenvalue weighted by molar-refractivity contribution is 0.585. The van der Waals surface area contributed by atoms with Crippen LogP contribution in [0.25, 0.3) is 0 Å². The molecule has 3 N–H and O–H groups in total.